The Labute approximate surface area is 190 Å². The van der Waals surface area contributed by atoms with Gasteiger partial charge in [-0.2, -0.15) is 9.88 Å². The minimum atomic E-state index is -0.904. The van der Waals surface area contributed by atoms with Crippen molar-refractivity contribution in [3.63, 3.8) is 0 Å². The summed E-state index contributed by atoms with van der Waals surface area (Å²) in [6.07, 6.45) is 4.36. The molecule has 0 radical (unpaired) electrons. The van der Waals surface area contributed by atoms with Gasteiger partial charge in [-0.05, 0) is 31.7 Å². The van der Waals surface area contributed by atoms with Crippen LogP contribution < -0.4 is 10.6 Å². The maximum absolute atomic E-state index is 12.8. The molecule has 9 nitrogen and oxygen atoms in total. The van der Waals surface area contributed by atoms with Gasteiger partial charge >= 0.3 is 17.9 Å². The zero-order valence-electron chi connectivity index (χ0n) is 19.9. The highest BCUT2D eigenvalue weighted by molar-refractivity contribution is 6.08. The molecule has 0 aliphatic carbocycles. The molecule has 0 unspecified atom stereocenters. The van der Waals surface area contributed by atoms with Crippen LogP contribution in [0.2, 0.25) is 0 Å². The molecule has 9 heteroatoms. The first-order chi connectivity index (χ1) is 15.3. The van der Waals surface area contributed by atoms with Crippen LogP contribution in [0.25, 0.3) is 0 Å². The number of nitrogens with zero attached hydrogens (tertiary/aromatic N) is 3. The molecule has 32 heavy (non-hydrogen) atoms. The molecule has 4 atom stereocenters. The van der Waals surface area contributed by atoms with Crippen LogP contribution in [0.5, 0.6) is 0 Å². The SMILES string of the molecule is CCCCCOC(=O)N(C(=O)OCCCCC)c1ccn([C@@H]2O[C@H](C)[C@@H](C)[C@H]2C)c(=O)n1. The summed E-state index contributed by atoms with van der Waals surface area (Å²) in [5.41, 5.74) is -0.608. The maximum Gasteiger partial charge on any atom is 0.425 e. The van der Waals surface area contributed by atoms with Gasteiger partial charge in [0.05, 0.1) is 19.3 Å². The van der Waals surface area contributed by atoms with Crippen molar-refractivity contribution < 1.29 is 23.8 Å². The lowest BCUT2D eigenvalue weighted by atomic mass is 9.93. The third kappa shape index (κ3) is 6.54. The fraction of sp³-hybridized carbons (Fsp3) is 0.739. The van der Waals surface area contributed by atoms with Crippen LogP contribution in [0.3, 0.4) is 0 Å². The molecule has 0 aromatic carbocycles. The molecule has 2 heterocycles. The number of hydrogen-bond donors (Lipinski definition) is 0. The van der Waals surface area contributed by atoms with Crippen molar-refractivity contribution in [3.05, 3.63) is 22.7 Å². The van der Waals surface area contributed by atoms with Crippen molar-refractivity contribution in [3.8, 4) is 0 Å². The Hall–Kier alpha value is -2.42. The topological polar surface area (TPSA) is 100.0 Å². The van der Waals surface area contributed by atoms with Crippen LogP contribution in [0.15, 0.2) is 17.1 Å². The number of anilines is 1. The minimum absolute atomic E-state index is 0.00859. The molecule has 0 N–H and O–H groups in total. The van der Waals surface area contributed by atoms with E-state index in [1.54, 1.807) is 0 Å². The van der Waals surface area contributed by atoms with Gasteiger partial charge in [0, 0.05) is 12.1 Å². The quantitative estimate of drug-likeness (QED) is 0.467. The lowest BCUT2D eigenvalue weighted by Gasteiger charge is -2.21. The lowest BCUT2D eigenvalue weighted by molar-refractivity contribution is -0.00748. The highest BCUT2D eigenvalue weighted by Gasteiger charge is 2.38. The summed E-state index contributed by atoms with van der Waals surface area (Å²) in [5.74, 6) is 0.261. The number of aromatic nitrogens is 2. The van der Waals surface area contributed by atoms with E-state index in [0.717, 1.165) is 25.7 Å². The number of imide groups is 1. The van der Waals surface area contributed by atoms with Crippen molar-refractivity contribution in [2.24, 2.45) is 11.8 Å². The molecule has 1 aliphatic rings. The van der Waals surface area contributed by atoms with E-state index in [4.69, 9.17) is 14.2 Å². The Balaban J connectivity index is 2.21. The molecule has 0 bridgehead atoms. The number of ether oxygens (including phenoxy) is 3. The van der Waals surface area contributed by atoms with Crippen molar-refractivity contribution in [1.82, 2.24) is 9.55 Å². The highest BCUT2D eigenvalue weighted by Crippen LogP contribution is 2.37. The second kappa shape index (κ2) is 12.6. The number of hydrogen-bond acceptors (Lipinski definition) is 7. The molecular formula is C23H37N3O6. The summed E-state index contributed by atoms with van der Waals surface area (Å²) in [5, 5.41) is 0. The average molecular weight is 452 g/mol. The standard InChI is InChI=1S/C23H37N3O6/c1-6-8-10-14-30-22(28)26(23(29)31-15-11-9-7-2)19-12-13-25(21(27)24-19)20-17(4)16(3)18(5)32-20/h12-13,16-18,20H,6-11,14-15H2,1-5H3/t16-,17+,18+,20+/m0/s1. The van der Waals surface area contributed by atoms with Crippen LogP contribution in [-0.4, -0.2) is 41.1 Å². The molecule has 180 valence electrons. The van der Waals surface area contributed by atoms with Gasteiger partial charge in [0.1, 0.15) is 6.23 Å². The predicted octanol–water partition coefficient (Wildman–Crippen LogP) is 4.89. The molecule has 1 aliphatic heterocycles. The molecule has 0 saturated carbocycles. The maximum atomic E-state index is 12.8. The zero-order chi connectivity index (χ0) is 23.7. The fourth-order valence-electron chi connectivity index (χ4n) is 3.61. The van der Waals surface area contributed by atoms with E-state index in [1.807, 2.05) is 27.7 Å². The first kappa shape index (κ1) is 25.8. The first-order valence-corrected chi connectivity index (χ1v) is 11.7. The predicted molar refractivity (Wildman–Crippen MR) is 121 cm³/mol. The van der Waals surface area contributed by atoms with Crippen LogP contribution in [0.4, 0.5) is 15.4 Å². The Morgan fingerprint density at radius 2 is 1.56 bits per heavy atom. The number of rotatable bonds is 10. The summed E-state index contributed by atoms with van der Waals surface area (Å²) < 4.78 is 17.8. The second-order valence-corrected chi connectivity index (χ2v) is 8.40. The van der Waals surface area contributed by atoms with E-state index in [9.17, 15) is 14.4 Å². The monoisotopic (exact) mass is 451 g/mol. The molecule has 1 aromatic heterocycles. The van der Waals surface area contributed by atoms with Gasteiger partial charge in [-0.3, -0.25) is 4.57 Å². The third-order valence-electron chi connectivity index (χ3n) is 6.00. The highest BCUT2D eigenvalue weighted by atomic mass is 16.6. The zero-order valence-corrected chi connectivity index (χ0v) is 19.9. The largest absolute Gasteiger partial charge is 0.449 e. The van der Waals surface area contributed by atoms with Crippen LogP contribution in [-0.2, 0) is 14.2 Å². The summed E-state index contributed by atoms with van der Waals surface area (Å²) in [6, 6.07) is 1.44. The van der Waals surface area contributed by atoms with Crippen molar-refractivity contribution >= 4 is 18.0 Å². The molecule has 0 spiro atoms. The van der Waals surface area contributed by atoms with E-state index in [0.29, 0.717) is 17.7 Å². The summed E-state index contributed by atoms with van der Waals surface area (Å²) in [6.45, 7) is 10.5. The van der Waals surface area contributed by atoms with E-state index >= 15 is 0 Å². The lowest BCUT2D eigenvalue weighted by Crippen LogP contribution is -2.41. The van der Waals surface area contributed by atoms with Gasteiger partial charge in [-0.15, -0.1) is 0 Å². The minimum Gasteiger partial charge on any atom is -0.449 e. The summed E-state index contributed by atoms with van der Waals surface area (Å²) in [4.78, 5) is 42.8. The Kier molecular flexibility index (Phi) is 10.2. The average Bonchev–Trinajstić information content (AvgIpc) is 3.02. The molecule has 1 fully saturated rings. The van der Waals surface area contributed by atoms with Crippen LogP contribution in [0, 0.1) is 11.8 Å². The van der Waals surface area contributed by atoms with E-state index in [2.05, 4.69) is 11.9 Å². The van der Waals surface area contributed by atoms with Crippen molar-refractivity contribution in [2.45, 2.75) is 85.5 Å². The van der Waals surface area contributed by atoms with Gasteiger partial charge in [0.15, 0.2) is 5.82 Å². The summed E-state index contributed by atoms with van der Waals surface area (Å²) in [7, 11) is 0. The Morgan fingerprint density at radius 1 is 1.00 bits per heavy atom. The van der Waals surface area contributed by atoms with E-state index in [-0.39, 0.29) is 37.0 Å². The molecule has 2 rings (SSSR count). The molecule has 1 saturated heterocycles. The first-order valence-electron chi connectivity index (χ1n) is 11.7. The van der Waals surface area contributed by atoms with Gasteiger partial charge in [-0.25, -0.2) is 14.4 Å². The third-order valence-corrected chi connectivity index (χ3v) is 6.00. The van der Waals surface area contributed by atoms with Crippen LogP contribution >= 0.6 is 0 Å². The van der Waals surface area contributed by atoms with Crippen molar-refractivity contribution in [2.75, 3.05) is 18.1 Å². The van der Waals surface area contributed by atoms with E-state index in [1.165, 1.54) is 16.8 Å². The number of carbonyl (C=O) groups is 2. The fourth-order valence-corrected chi connectivity index (χ4v) is 3.61. The van der Waals surface area contributed by atoms with E-state index < -0.39 is 24.1 Å². The summed E-state index contributed by atoms with van der Waals surface area (Å²) >= 11 is 0. The Morgan fingerprint density at radius 3 is 2.00 bits per heavy atom. The second-order valence-electron chi connectivity index (χ2n) is 8.40. The molecule has 1 aromatic rings. The van der Waals surface area contributed by atoms with Gasteiger partial charge in [0.2, 0.25) is 0 Å². The normalized spacial score (nSPS) is 22.5. The number of carbonyl (C=O) groups excluding carboxylic acids is 2. The number of unbranched alkanes of at least 4 members (excludes halogenated alkanes) is 4. The van der Waals surface area contributed by atoms with Crippen LogP contribution in [0.1, 0.15) is 79.4 Å². The number of amides is 2. The van der Waals surface area contributed by atoms with Gasteiger partial charge < -0.3 is 14.2 Å². The smallest absolute Gasteiger partial charge is 0.425 e. The Bertz CT molecular complexity index is 787. The molecule has 2 amide bonds. The van der Waals surface area contributed by atoms with Gasteiger partial charge in [0.25, 0.3) is 0 Å². The van der Waals surface area contributed by atoms with Crippen molar-refractivity contribution in [1.29, 1.82) is 0 Å². The molecular weight excluding hydrogens is 414 g/mol. The van der Waals surface area contributed by atoms with Gasteiger partial charge in [-0.1, -0.05) is 53.4 Å².